The van der Waals surface area contributed by atoms with Crippen molar-refractivity contribution in [2.45, 2.75) is 57.7 Å². The molecule has 0 bridgehead atoms. The van der Waals surface area contributed by atoms with E-state index >= 15 is 0 Å². The van der Waals surface area contributed by atoms with Crippen LogP contribution in [-0.2, 0) is 4.79 Å². The van der Waals surface area contributed by atoms with Crippen LogP contribution in [-0.4, -0.2) is 54.0 Å². The van der Waals surface area contributed by atoms with Crippen LogP contribution in [0.15, 0.2) is 24.3 Å². The molecule has 1 aliphatic heterocycles. The van der Waals surface area contributed by atoms with Gasteiger partial charge in [-0.05, 0) is 63.6 Å². The molecule has 1 saturated heterocycles. The summed E-state index contributed by atoms with van der Waals surface area (Å²) in [5.74, 6) is 0.683. The third kappa shape index (κ3) is 4.68. The quantitative estimate of drug-likeness (QED) is 0.807. The molecule has 1 unspecified atom stereocenters. The molecule has 2 fully saturated rings. The van der Waals surface area contributed by atoms with Crippen LogP contribution in [0.1, 0.15) is 39.5 Å². The van der Waals surface area contributed by atoms with E-state index in [1.807, 2.05) is 23.1 Å². The number of carbonyl (C=O) groups is 1. The van der Waals surface area contributed by atoms with Crippen LogP contribution in [0, 0.1) is 5.92 Å². The molecule has 1 atom stereocenters. The summed E-state index contributed by atoms with van der Waals surface area (Å²) >= 11 is 6.08. The maximum absolute atomic E-state index is 11.2. The van der Waals surface area contributed by atoms with Crippen LogP contribution in [0.3, 0.4) is 0 Å². The maximum Gasteiger partial charge on any atom is 0.209 e. The Balaban J connectivity index is 1.57. The topological polar surface area (TPSA) is 35.6 Å². The molecular weight excluding hydrogens is 334 g/mol. The predicted molar refractivity (Wildman–Crippen MR) is 104 cm³/mol. The van der Waals surface area contributed by atoms with Gasteiger partial charge < -0.3 is 10.2 Å². The van der Waals surface area contributed by atoms with Crippen LogP contribution in [0.5, 0.6) is 0 Å². The second kappa shape index (κ2) is 8.41. The van der Waals surface area contributed by atoms with Gasteiger partial charge in [-0.15, -0.1) is 0 Å². The molecule has 0 radical (unpaired) electrons. The van der Waals surface area contributed by atoms with Crippen LogP contribution in [0.2, 0.25) is 5.02 Å². The number of rotatable bonds is 5. The van der Waals surface area contributed by atoms with Crippen LogP contribution >= 0.6 is 11.6 Å². The van der Waals surface area contributed by atoms with Crippen molar-refractivity contribution in [1.29, 1.82) is 0 Å². The molecule has 1 heterocycles. The molecule has 0 spiro atoms. The van der Waals surface area contributed by atoms with E-state index in [-0.39, 0.29) is 0 Å². The molecule has 138 valence electrons. The van der Waals surface area contributed by atoms with Crippen LogP contribution < -0.4 is 5.32 Å². The molecule has 3 rings (SSSR count). The van der Waals surface area contributed by atoms with Crippen molar-refractivity contribution in [3.05, 3.63) is 29.3 Å². The summed E-state index contributed by atoms with van der Waals surface area (Å²) in [4.78, 5) is 15.8. The number of carbonyl (C=O) groups excluding carboxylic acids is 1. The van der Waals surface area contributed by atoms with Crippen molar-refractivity contribution < 1.29 is 4.79 Å². The predicted octanol–water partition coefficient (Wildman–Crippen LogP) is 3.86. The largest absolute Gasteiger partial charge is 0.382 e. The van der Waals surface area contributed by atoms with Crippen LogP contribution in [0.25, 0.3) is 0 Å². The number of benzene rings is 1. The molecule has 2 aliphatic rings. The zero-order chi connectivity index (χ0) is 17.8. The van der Waals surface area contributed by atoms with Crippen molar-refractivity contribution in [3.8, 4) is 0 Å². The van der Waals surface area contributed by atoms with E-state index in [1.165, 1.54) is 25.7 Å². The molecule has 0 aromatic heterocycles. The van der Waals surface area contributed by atoms with E-state index in [1.54, 1.807) is 0 Å². The van der Waals surface area contributed by atoms with E-state index in [0.29, 0.717) is 24.0 Å². The van der Waals surface area contributed by atoms with Gasteiger partial charge in [-0.3, -0.25) is 9.69 Å². The van der Waals surface area contributed by atoms with Gasteiger partial charge in [0.2, 0.25) is 6.41 Å². The second-order valence-electron chi connectivity index (χ2n) is 7.77. The SMILES string of the molecule is CC(C)N1CCN(C=O)CC1C1CCC(Nc2cccc(Cl)c2)CC1. The monoisotopic (exact) mass is 363 g/mol. The fourth-order valence-electron chi connectivity index (χ4n) is 4.47. The van der Waals surface area contributed by atoms with Crippen molar-refractivity contribution >= 4 is 23.7 Å². The minimum Gasteiger partial charge on any atom is -0.382 e. The number of amides is 1. The lowest BCUT2D eigenvalue weighted by molar-refractivity contribution is -0.122. The average Bonchev–Trinajstić information content (AvgIpc) is 2.62. The summed E-state index contributed by atoms with van der Waals surface area (Å²) in [7, 11) is 0. The molecule has 1 aromatic rings. The fraction of sp³-hybridized carbons (Fsp3) is 0.650. The Morgan fingerprint density at radius 3 is 2.60 bits per heavy atom. The highest BCUT2D eigenvalue weighted by atomic mass is 35.5. The zero-order valence-corrected chi connectivity index (χ0v) is 16.1. The van der Waals surface area contributed by atoms with E-state index in [0.717, 1.165) is 36.8 Å². The van der Waals surface area contributed by atoms with Crippen molar-refractivity contribution in [2.75, 3.05) is 25.0 Å². The molecular formula is C20H30ClN3O. The van der Waals surface area contributed by atoms with Gasteiger partial charge in [-0.2, -0.15) is 0 Å². The highest BCUT2D eigenvalue weighted by molar-refractivity contribution is 6.30. The first-order valence-corrected chi connectivity index (χ1v) is 9.92. The number of nitrogens with zero attached hydrogens (tertiary/aromatic N) is 2. The third-order valence-electron chi connectivity index (χ3n) is 5.82. The van der Waals surface area contributed by atoms with E-state index in [4.69, 9.17) is 11.6 Å². The first kappa shape index (κ1) is 18.5. The Morgan fingerprint density at radius 1 is 1.20 bits per heavy atom. The summed E-state index contributed by atoms with van der Waals surface area (Å²) in [6, 6.07) is 9.55. The molecule has 1 saturated carbocycles. The first-order chi connectivity index (χ1) is 12.1. The van der Waals surface area contributed by atoms with Gasteiger partial charge in [-0.25, -0.2) is 0 Å². The van der Waals surface area contributed by atoms with Gasteiger partial charge in [0.15, 0.2) is 0 Å². The standard InChI is InChI=1S/C20H30ClN3O/c1-15(2)24-11-10-23(14-25)13-20(24)16-6-8-18(9-7-16)22-19-5-3-4-17(21)12-19/h3-5,12,14-16,18,20,22H,6-11,13H2,1-2H3. The van der Waals surface area contributed by atoms with Gasteiger partial charge in [0.25, 0.3) is 0 Å². The molecule has 5 heteroatoms. The smallest absolute Gasteiger partial charge is 0.209 e. The number of anilines is 1. The summed E-state index contributed by atoms with van der Waals surface area (Å²) in [5.41, 5.74) is 1.12. The summed E-state index contributed by atoms with van der Waals surface area (Å²) < 4.78 is 0. The van der Waals surface area contributed by atoms with Gasteiger partial charge in [0.1, 0.15) is 0 Å². The Bertz CT molecular complexity index is 572. The molecule has 1 aromatic carbocycles. The molecule has 4 nitrogen and oxygen atoms in total. The minimum absolute atomic E-state index is 0.506. The summed E-state index contributed by atoms with van der Waals surface area (Å²) in [6.45, 7) is 7.30. The fourth-order valence-corrected chi connectivity index (χ4v) is 4.66. The Kier molecular flexibility index (Phi) is 6.24. The Labute approximate surface area is 156 Å². The maximum atomic E-state index is 11.2. The molecule has 1 aliphatic carbocycles. The van der Waals surface area contributed by atoms with Crippen LogP contribution in [0.4, 0.5) is 5.69 Å². The van der Waals surface area contributed by atoms with Crippen molar-refractivity contribution in [2.24, 2.45) is 5.92 Å². The Morgan fingerprint density at radius 2 is 1.96 bits per heavy atom. The van der Waals surface area contributed by atoms with Gasteiger partial charge in [0.05, 0.1) is 0 Å². The lowest BCUT2D eigenvalue weighted by Gasteiger charge is -2.47. The summed E-state index contributed by atoms with van der Waals surface area (Å²) in [6.07, 6.45) is 5.83. The first-order valence-electron chi connectivity index (χ1n) is 9.54. The van der Waals surface area contributed by atoms with Gasteiger partial charge in [-0.1, -0.05) is 17.7 Å². The average molecular weight is 364 g/mol. The normalized spacial score (nSPS) is 28.2. The van der Waals surface area contributed by atoms with Gasteiger partial charge in [0, 0.05) is 48.5 Å². The third-order valence-corrected chi connectivity index (χ3v) is 6.05. The van der Waals surface area contributed by atoms with Crippen molar-refractivity contribution in [1.82, 2.24) is 9.80 Å². The highest BCUT2D eigenvalue weighted by Gasteiger charge is 2.36. The molecule has 1 N–H and O–H groups in total. The molecule has 1 amide bonds. The lowest BCUT2D eigenvalue weighted by Crippen LogP contribution is -2.58. The number of hydrogen-bond acceptors (Lipinski definition) is 3. The van der Waals surface area contributed by atoms with Gasteiger partial charge >= 0.3 is 0 Å². The molecule has 25 heavy (non-hydrogen) atoms. The number of nitrogens with one attached hydrogen (secondary N) is 1. The zero-order valence-electron chi connectivity index (χ0n) is 15.3. The van der Waals surface area contributed by atoms with E-state index in [2.05, 4.69) is 30.1 Å². The number of piperazine rings is 1. The second-order valence-corrected chi connectivity index (χ2v) is 8.20. The Hall–Kier alpha value is -1.26. The number of halogens is 1. The highest BCUT2D eigenvalue weighted by Crippen LogP contribution is 2.33. The summed E-state index contributed by atoms with van der Waals surface area (Å²) in [5, 5.41) is 4.41. The van der Waals surface area contributed by atoms with E-state index in [9.17, 15) is 4.79 Å². The number of hydrogen-bond donors (Lipinski definition) is 1. The van der Waals surface area contributed by atoms with E-state index < -0.39 is 0 Å². The minimum atomic E-state index is 0.506. The van der Waals surface area contributed by atoms with Crippen molar-refractivity contribution in [3.63, 3.8) is 0 Å². The lowest BCUT2D eigenvalue weighted by atomic mass is 9.79.